The zero-order chi connectivity index (χ0) is 12.7. The van der Waals surface area contributed by atoms with E-state index in [-0.39, 0.29) is 13.2 Å². The highest BCUT2D eigenvalue weighted by Gasteiger charge is 2.17. The summed E-state index contributed by atoms with van der Waals surface area (Å²) in [5.74, 6) is 6.22. The number of aromatic nitrogens is 2. The zero-order valence-corrected chi connectivity index (χ0v) is 11.0. The van der Waals surface area contributed by atoms with Crippen LogP contribution in [-0.2, 0) is 0 Å². The second-order valence-corrected chi connectivity index (χ2v) is 5.13. The molecule has 0 aliphatic rings. The van der Waals surface area contributed by atoms with Crippen LogP contribution in [0.2, 0.25) is 0 Å². The number of hydrogen-bond acceptors (Lipinski definition) is 4. The molecular formula is C11H12Cl2N2O2. The molecule has 0 fully saturated rings. The van der Waals surface area contributed by atoms with Gasteiger partial charge in [-0.05, 0) is 13.8 Å². The van der Waals surface area contributed by atoms with Crippen LogP contribution >= 0.6 is 23.2 Å². The van der Waals surface area contributed by atoms with Crippen molar-refractivity contribution in [1.82, 2.24) is 9.97 Å². The normalized spacial score (nSPS) is 10.4. The smallest absolute Gasteiger partial charge is 0.221 e. The Morgan fingerprint density at radius 2 is 1.94 bits per heavy atom. The Balaban J connectivity index is 2.55. The molecule has 0 unspecified atom stereocenters. The number of nitrogens with zero attached hydrogens (tertiary/aromatic N) is 2. The molecule has 0 radical (unpaired) electrons. The highest BCUT2D eigenvalue weighted by molar-refractivity contribution is 6.48. The molecule has 0 saturated carbocycles. The van der Waals surface area contributed by atoms with Crippen molar-refractivity contribution in [2.45, 2.75) is 18.2 Å². The van der Waals surface area contributed by atoms with Gasteiger partial charge in [0.25, 0.3) is 0 Å². The molecule has 1 heterocycles. The van der Waals surface area contributed by atoms with Crippen molar-refractivity contribution in [2.75, 3.05) is 13.2 Å². The molecule has 1 aromatic heterocycles. The molecule has 17 heavy (non-hydrogen) atoms. The lowest BCUT2D eigenvalue weighted by Crippen LogP contribution is -2.18. The van der Waals surface area contributed by atoms with E-state index in [1.165, 1.54) is 6.33 Å². The largest absolute Gasteiger partial charge is 0.474 e. The summed E-state index contributed by atoms with van der Waals surface area (Å²) in [7, 11) is 0. The molecule has 0 aliphatic carbocycles. The van der Waals surface area contributed by atoms with Gasteiger partial charge in [0.05, 0.1) is 6.07 Å². The Kier molecular flexibility index (Phi) is 5.33. The van der Waals surface area contributed by atoms with Gasteiger partial charge >= 0.3 is 0 Å². The molecule has 4 nitrogen and oxygen atoms in total. The summed E-state index contributed by atoms with van der Waals surface area (Å²) in [6.45, 7) is 3.77. The SMILES string of the molecule is CC#CCOc1cc(OCC(C)(Cl)Cl)ncn1. The lowest BCUT2D eigenvalue weighted by atomic mass is 10.5. The van der Waals surface area contributed by atoms with Gasteiger partial charge in [-0.3, -0.25) is 0 Å². The van der Waals surface area contributed by atoms with E-state index >= 15 is 0 Å². The molecule has 0 amide bonds. The summed E-state index contributed by atoms with van der Waals surface area (Å²) in [6, 6.07) is 1.55. The van der Waals surface area contributed by atoms with E-state index in [0.29, 0.717) is 11.8 Å². The minimum atomic E-state index is -0.959. The van der Waals surface area contributed by atoms with Crippen LogP contribution in [0, 0.1) is 11.8 Å². The van der Waals surface area contributed by atoms with Gasteiger partial charge in [0.2, 0.25) is 11.8 Å². The maximum Gasteiger partial charge on any atom is 0.221 e. The number of ether oxygens (including phenoxy) is 2. The summed E-state index contributed by atoms with van der Waals surface area (Å²) in [5.41, 5.74) is 0. The molecule has 0 aromatic carbocycles. The maximum atomic E-state index is 5.77. The molecule has 1 aromatic rings. The number of hydrogen-bond donors (Lipinski definition) is 0. The van der Waals surface area contributed by atoms with Crippen molar-refractivity contribution < 1.29 is 9.47 Å². The second kappa shape index (κ2) is 6.53. The lowest BCUT2D eigenvalue weighted by molar-refractivity contribution is 0.290. The molecule has 0 N–H and O–H groups in total. The van der Waals surface area contributed by atoms with Gasteiger partial charge in [0.1, 0.15) is 17.3 Å². The van der Waals surface area contributed by atoms with Gasteiger partial charge in [-0.15, -0.1) is 5.92 Å². The van der Waals surface area contributed by atoms with Crippen molar-refractivity contribution in [3.05, 3.63) is 12.4 Å². The van der Waals surface area contributed by atoms with Crippen molar-refractivity contribution in [1.29, 1.82) is 0 Å². The van der Waals surface area contributed by atoms with Crippen LogP contribution in [0.1, 0.15) is 13.8 Å². The van der Waals surface area contributed by atoms with Crippen LogP contribution in [-0.4, -0.2) is 27.5 Å². The topological polar surface area (TPSA) is 44.2 Å². The van der Waals surface area contributed by atoms with Gasteiger partial charge in [-0.25, -0.2) is 9.97 Å². The molecule has 0 aliphatic heterocycles. The summed E-state index contributed by atoms with van der Waals surface area (Å²) < 4.78 is 9.58. The molecule has 92 valence electrons. The highest BCUT2D eigenvalue weighted by atomic mass is 35.5. The first-order chi connectivity index (χ1) is 8.01. The minimum Gasteiger partial charge on any atom is -0.474 e. The van der Waals surface area contributed by atoms with E-state index in [1.807, 2.05) is 0 Å². The predicted octanol–water partition coefficient (Wildman–Crippen LogP) is 2.45. The van der Waals surface area contributed by atoms with Crippen molar-refractivity contribution in [2.24, 2.45) is 0 Å². The summed E-state index contributed by atoms with van der Waals surface area (Å²) in [5, 5.41) is 0. The Hall–Kier alpha value is -1.18. The van der Waals surface area contributed by atoms with Crippen LogP contribution in [0.15, 0.2) is 12.4 Å². The van der Waals surface area contributed by atoms with Crippen molar-refractivity contribution in [3.63, 3.8) is 0 Å². The Labute approximate surface area is 110 Å². The second-order valence-electron chi connectivity index (χ2n) is 3.27. The van der Waals surface area contributed by atoms with Crippen LogP contribution < -0.4 is 9.47 Å². The van der Waals surface area contributed by atoms with Crippen LogP contribution in [0.25, 0.3) is 0 Å². The fraction of sp³-hybridized carbons (Fsp3) is 0.455. The van der Waals surface area contributed by atoms with E-state index in [0.717, 1.165) is 0 Å². The first kappa shape index (κ1) is 13.9. The molecule has 0 saturated heterocycles. The van der Waals surface area contributed by atoms with E-state index in [4.69, 9.17) is 32.7 Å². The molecule has 1 rings (SSSR count). The Morgan fingerprint density at radius 3 is 2.53 bits per heavy atom. The van der Waals surface area contributed by atoms with Crippen molar-refractivity contribution >= 4 is 23.2 Å². The van der Waals surface area contributed by atoms with E-state index in [1.54, 1.807) is 19.9 Å². The Morgan fingerprint density at radius 1 is 1.29 bits per heavy atom. The third-order valence-corrected chi connectivity index (χ3v) is 1.78. The average molecular weight is 275 g/mol. The third kappa shape index (κ3) is 6.20. The average Bonchev–Trinajstić information content (AvgIpc) is 2.27. The quantitative estimate of drug-likeness (QED) is 0.611. The molecule has 0 bridgehead atoms. The number of rotatable bonds is 5. The first-order valence-electron chi connectivity index (χ1n) is 4.86. The molecule has 0 atom stereocenters. The predicted molar refractivity (Wildman–Crippen MR) is 66.6 cm³/mol. The fourth-order valence-electron chi connectivity index (χ4n) is 0.864. The standard InChI is InChI=1S/C11H12Cl2N2O2/c1-3-4-5-16-9-6-10(15-8-14-9)17-7-11(2,12)13/h6,8H,5,7H2,1-2H3. The monoisotopic (exact) mass is 274 g/mol. The molecular weight excluding hydrogens is 263 g/mol. The van der Waals surface area contributed by atoms with Gasteiger partial charge in [-0.1, -0.05) is 29.1 Å². The fourth-order valence-corrected chi connectivity index (χ4v) is 0.973. The van der Waals surface area contributed by atoms with E-state index in [9.17, 15) is 0 Å². The lowest BCUT2D eigenvalue weighted by Gasteiger charge is -2.13. The third-order valence-electron chi connectivity index (χ3n) is 1.56. The van der Waals surface area contributed by atoms with Crippen LogP contribution in [0.4, 0.5) is 0 Å². The number of halogens is 2. The summed E-state index contributed by atoms with van der Waals surface area (Å²) in [4.78, 5) is 7.81. The molecule has 6 heteroatoms. The van der Waals surface area contributed by atoms with Crippen LogP contribution in [0.5, 0.6) is 11.8 Å². The van der Waals surface area contributed by atoms with Gasteiger partial charge in [0, 0.05) is 0 Å². The summed E-state index contributed by atoms with van der Waals surface area (Å²) in [6.07, 6.45) is 1.34. The van der Waals surface area contributed by atoms with Crippen LogP contribution in [0.3, 0.4) is 0 Å². The highest BCUT2D eigenvalue weighted by Crippen LogP contribution is 2.21. The first-order valence-corrected chi connectivity index (χ1v) is 5.62. The number of alkyl halides is 2. The van der Waals surface area contributed by atoms with Gasteiger partial charge < -0.3 is 9.47 Å². The van der Waals surface area contributed by atoms with Gasteiger partial charge in [-0.2, -0.15) is 0 Å². The zero-order valence-electron chi connectivity index (χ0n) is 9.54. The van der Waals surface area contributed by atoms with Crippen molar-refractivity contribution in [3.8, 4) is 23.6 Å². The summed E-state index contributed by atoms with van der Waals surface area (Å²) >= 11 is 11.5. The Bertz CT molecular complexity index is 421. The maximum absolute atomic E-state index is 5.77. The minimum absolute atomic E-state index is 0.126. The van der Waals surface area contributed by atoms with E-state index < -0.39 is 4.33 Å². The molecule has 0 spiro atoms. The van der Waals surface area contributed by atoms with Gasteiger partial charge in [0.15, 0.2) is 6.61 Å². The van der Waals surface area contributed by atoms with E-state index in [2.05, 4.69) is 21.8 Å².